The molecule has 1 aromatic rings. The lowest BCUT2D eigenvalue weighted by atomic mass is 9.76. The van der Waals surface area contributed by atoms with Gasteiger partial charge in [-0.1, -0.05) is 31.0 Å². The van der Waals surface area contributed by atoms with Gasteiger partial charge in [-0.25, -0.2) is 0 Å². The van der Waals surface area contributed by atoms with Crippen LogP contribution in [-0.4, -0.2) is 53.4 Å². The molecular weight excluding hydrogens is 376 g/mol. The van der Waals surface area contributed by atoms with Crippen molar-refractivity contribution in [1.82, 2.24) is 9.80 Å². The van der Waals surface area contributed by atoms with Crippen LogP contribution in [0.5, 0.6) is 5.75 Å². The largest absolute Gasteiger partial charge is 0.487 e. The Bertz CT molecular complexity index is 759. The van der Waals surface area contributed by atoms with Gasteiger partial charge in [0.05, 0.1) is 0 Å². The van der Waals surface area contributed by atoms with E-state index in [0.717, 1.165) is 69.6 Å². The van der Waals surface area contributed by atoms with Crippen LogP contribution in [0.3, 0.4) is 0 Å². The fourth-order valence-corrected chi connectivity index (χ4v) is 5.71. The third kappa shape index (κ3) is 4.21. The van der Waals surface area contributed by atoms with Gasteiger partial charge in [0.15, 0.2) is 0 Å². The van der Waals surface area contributed by atoms with Crippen LogP contribution in [0, 0.1) is 5.92 Å². The molecule has 5 heteroatoms. The summed E-state index contributed by atoms with van der Waals surface area (Å²) in [6.07, 6.45) is 7.61. The minimum Gasteiger partial charge on any atom is -0.487 e. The summed E-state index contributed by atoms with van der Waals surface area (Å²) in [4.78, 5) is 29.7. The predicted molar refractivity (Wildman–Crippen MR) is 117 cm³/mol. The number of rotatable bonds is 5. The third-order valence-electron chi connectivity index (χ3n) is 7.53. The van der Waals surface area contributed by atoms with Crippen molar-refractivity contribution in [1.29, 1.82) is 0 Å². The second-order valence-corrected chi connectivity index (χ2v) is 9.30. The van der Waals surface area contributed by atoms with Crippen molar-refractivity contribution in [3.8, 4) is 5.75 Å². The van der Waals surface area contributed by atoms with Gasteiger partial charge in [-0.05, 0) is 44.7 Å². The van der Waals surface area contributed by atoms with Crippen LogP contribution in [0.1, 0.15) is 76.7 Å². The number of carbonyl (C=O) groups excluding carboxylic acids is 2. The lowest BCUT2D eigenvalue weighted by Crippen LogP contribution is -2.52. The maximum absolute atomic E-state index is 12.9. The number of carbonyl (C=O) groups is 2. The van der Waals surface area contributed by atoms with Gasteiger partial charge in [0.25, 0.3) is 0 Å². The van der Waals surface area contributed by atoms with E-state index in [4.69, 9.17) is 4.74 Å². The average molecular weight is 413 g/mol. The molecule has 4 rings (SSSR count). The Hall–Kier alpha value is -2.04. The van der Waals surface area contributed by atoms with E-state index in [9.17, 15) is 9.59 Å². The molecule has 0 aromatic heterocycles. The smallest absolute Gasteiger partial charge is 0.225 e. The number of hydrogen-bond acceptors (Lipinski definition) is 3. The number of nitrogens with zero attached hydrogens (tertiary/aromatic N) is 2. The second-order valence-electron chi connectivity index (χ2n) is 9.30. The van der Waals surface area contributed by atoms with Crippen molar-refractivity contribution in [2.24, 2.45) is 5.92 Å². The number of likely N-dealkylation sites (tertiary alicyclic amines) is 1. The molecule has 2 heterocycles. The molecule has 2 aliphatic heterocycles. The number of amides is 2. The van der Waals surface area contributed by atoms with Gasteiger partial charge in [0.2, 0.25) is 11.8 Å². The van der Waals surface area contributed by atoms with Crippen molar-refractivity contribution in [2.75, 3.05) is 26.2 Å². The fourth-order valence-electron chi connectivity index (χ4n) is 5.71. The number of hydrogen-bond donors (Lipinski definition) is 0. The molecule has 1 saturated carbocycles. The summed E-state index contributed by atoms with van der Waals surface area (Å²) in [5.74, 6) is 1.93. The molecule has 5 nitrogen and oxygen atoms in total. The van der Waals surface area contributed by atoms with Crippen molar-refractivity contribution in [3.05, 3.63) is 29.8 Å². The van der Waals surface area contributed by atoms with Crippen LogP contribution in [0.2, 0.25) is 0 Å². The normalized spacial score (nSPS) is 23.1. The Morgan fingerprint density at radius 1 is 1.10 bits per heavy atom. The number of ether oxygens (including phenoxy) is 1. The molecule has 0 unspecified atom stereocenters. The van der Waals surface area contributed by atoms with E-state index in [0.29, 0.717) is 12.3 Å². The van der Waals surface area contributed by atoms with E-state index in [1.807, 2.05) is 36.9 Å². The Morgan fingerprint density at radius 3 is 2.43 bits per heavy atom. The number of para-hydroxylation sites is 1. The molecule has 1 spiro atoms. The molecule has 164 valence electrons. The number of benzene rings is 1. The van der Waals surface area contributed by atoms with Crippen molar-refractivity contribution in [3.63, 3.8) is 0 Å². The first-order valence-electron chi connectivity index (χ1n) is 11.9. The van der Waals surface area contributed by atoms with Crippen molar-refractivity contribution in [2.45, 2.75) is 76.7 Å². The van der Waals surface area contributed by atoms with Crippen LogP contribution < -0.4 is 4.74 Å². The summed E-state index contributed by atoms with van der Waals surface area (Å²) in [6.45, 7) is 7.13. The fraction of sp³-hybridized carbons (Fsp3) is 0.680. The zero-order valence-corrected chi connectivity index (χ0v) is 18.6. The highest BCUT2D eigenvalue weighted by molar-refractivity contribution is 5.79. The molecule has 0 radical (unpaired) electrons. The first-order valence-corrected chi connectivity index (χ1v) is 11.9. The van der Waals surface area contributed by atoms with E-state index >= 15 is 0 Å². The SMILES string of the molecule is CCN(CC)C(=O)C[C@@H]1CC2(CCN(C(=O)C3CCCC3)CC2)Oc2ccccc21. The molecule has 2 fully saturated rings. The zero-order valence-electron chi connectivity index (χ0n) is 18.6. The van der Waals surface area contributed by atoms with Crippen LogP contribution in [-0.2, 0) is 9.59 Å². The zero-order chi connectivity index (χ0) is 21.1. The van der Waals surface area contributed by atoms with Gasteiger partial charge in [-0.2, -0.15) is 0 Å². The predicted octanol–water partition coefficient (Wildman–Crippen LogP) is 4.36. The first-order chi connectivity index (χ1) is 14.5. The second kappa shape index (κ2) is 8.99. The summed E-state index contributed by atoms with van der Waals surface area (Å²) >= 11 is 0. The number of fused-ring (bicyclic) bond motifs is 1. The highest BCUT2D eigenvalue weighted by Gasteiger charge is 2.45. The maximum atomic E-state index is 12.9. The summed E-state index contributed by atoms with van der Waals surface area (Å²) in [6, 6.07) is 8.21. The Balaban J connectivity index is 1.47. The van der Waals surface area contributed by atoms with Gasteiger partial charge in [-0.3, -0.25) is 9.59 Å². The number of piperidine rings is 1. The first kappa shape index (κ1) is 21.2. The van der Waals surface area contributed by atoms with Gasteiger partial charge >= 0.3 is 0 Å². The summed E-state index contributed by atoms with van der Waals surface area (Å²) < 4.78 is 6.58. The summed E-state index contributed by atoms with van der Waals surface area (Å²) in [5, 5.41) is 0. The van der Waals surface area contributed by atoms with Crippen LogP contribution >= 0.6 is 0 Å². The maximum Gasteiger partial charge on any atom is 0.225 e. The van der Waals surface area contributed by atoms with Crippen molar-refractivity contribution < 1.29 is 14.3 Å². The highest BCUT2D eigenvalue weighted by Crippen LogP contribution is 2.47. The van der Waals surface area contributed by atoms with Gasteiger partial charge < -0.3 is 14.5 Å². The van der Waals surface area contributed by atoms with Gasteiger partial charge in [0.1, 0.15) is 11.4 Å². The molecular formula is C25H36N2O3. The van der Waals surface area contributed by atoms with E-state index in [1.54, 1.807) is 0 Å². The van der Waals surface area contributed by atoms with Crippen LogP contribution in [0.25, 0.3) is 0 Å². The Morgan fingerprint density at radius 2 is 1.77 bits per heavy atom. The molecule has 1 aliphatic carbocycles. The summed E-state index contributed by atoms with van der Waals surface area (Å²) in [5.41, 5.74) is 0.905. The highest BCUT2D eigenvalue weighted by atomic mass is 16.5. The van der Waals surface area contributed by atoms with Crippen LogP contribution in [0.15, 0.2) is 24.3 Å². The minimum absolute atomic E-state index is 0.181. The van der Waals surface area contributed by atoms with E-state index in [1.165, 1.54) is 12.8 Å². The lowest BCUT2D eigenvalue weighted by Gasteiger charge is -2.47. The quantitative estimate of drug-likeness (QED) is 0.722. The molecule has 1 saturated heterocycles. The molecule has 3 aliphatic rings. The molecule has 30 heavy (non-hydrogen) atoms. The Labute approximate surface area is 180 Å². The topological polar surface area (TPSA) is 49.9 Å². The van der Waals surface area contributed by atoms with E-state index < -0.39 is 0 Å². The van der Waals surface area contributed by atoms with Crippen LogP contribution in [0.4, 0.5) is 0 Å². The summed E-state index contributed by atoms with van der Waals surface area (Å²) in [7, 11) is 0. The Kier molecular flexibility index (Phi) is 6.35. The molecule has 2 amide bonds. The molecule has 1 atom stereocenters. The van der Waals surface area contributed by atoms with Crippen molar-refractivity contribution >= 4 is 11.8 Å². The molecule has 0 bridgehead atoms. The van der Waals surface area contributed by atoms with Gasteiger partial charge in [-0.15, -0.1) is 0 Å². The standard InChI is InChI=1S/C25H36N2O3/c1-3-26(4-2)23(28)17-20-18-25(30-22-12-8-7-11-21(20)22)13-15-27(16-14-25)24(29)19-9-5-6-10-19/h7-8,11-12,19-20H,3-6,9-10,13-18H2,1-2H3/t20-/m1/s1. The third-order valence-corrected chi connectivity index (χ3v) is 7.53. The lowest BCUT2D eigenvalue weighted by molar-refractivity contribution is -0.139. The molecule has 1 aromatic carbocycles. The van der Waals surface area contributed by atoms with Gasteiger partial charge in [0, 0.05) is 57.3 Å². The van der Waals surface area contributed by atoms with E-state index in [-0.39, 0.29) is 23.3 Å². The van der Waals surface area contributed by atoms with E-state index in [2.05, 4.69) is 11.0 Å². The molecule has 0 N–H and O–H groups in total. The average Bonchev–Trinajstić information content (AvgIpc) is 3.30. The minimum atomic E-state index is -0.255. The monoisotopic (exact) mass is 412 g/mol.